The van der Waals surface area contributed by atoms with Crippen LogP contribution >= 0.6 is 0 Å². The van der Waals surface area contributed by atoms with Crippen molar-refractivity contribution < 1.29 is 9.90 Å². The number of carboxylic acids is 1. The average Bonchev–Trinajstić information content (AvgIpc) is 2.81. The molecule has 1 unspecified atom stereocenters. The van der Waals surface area contributed by atoms with Gasteiger partial charge in [-0.05, 0) is 32.4 Å². The minimum atomic E-state index is -0.983. The summed E-state index contributed by atoms with van der Waals surface area (Å²) in [6, 6.07) is 0. The number of rotatable bonds is 5. The molecule has 1 N–H and O–H groups in total. The monoisotopic (exact) mass is 264 g/mol. The zero-order chi connectivity index (χ0) is 13.8. The van der Waals surface area contributed by atoms with E-state index in [1.165, 1.54) is 18.9 Å². The van der Waals surface area contributed by atoms with Crippen molar-refractivity contribution in [1.29, 1.82) is 0 Å². The smallest absolute Gasteiger partial charge is 0.341 e. The van der Waals surface area contributed by atoms with Crippen LogP contribution in [0.4, 0.5) is 5.82 Å². The molecule has 104 valence electrons. The summed E-state index contributed by atoms with van der Waals surface area (Å²) in [6.45, 7) is 3.10. The van der Waals surface area contributed by atoms with Crippen molar-refractivity contribution in [2.45, 2.75) is 12.8 Å². The van der Waals surface area contributed by atoms with Crippen LogP contribution in [0.5, 0.6) is 0 Å². The number of nitrogens with zero attached hydrogens (tertiary/aromatic N) is 4. The molecule has 0 bridgehead atoms. The maximum absolute atomic E-state index is 11.1. The number of carboxylic acid groups (broad SMARTS) is 1. The third kappa shape index (κ3) is 3.41. The quantitative estimate of drug-likeness (QED) is 0.854. The predicted molar refractivity (Wildman–Crippen MR) is 72.5 cm³/mol. The third-order valence-electron chi connectivity index (χ3n) is 3.64. The molecule has 19 heavy (non-hydrogen) atoms. The molecule has 1 aromatic rings. The highest BCUT2D eigenvalue weighted by Gasteiger charge is 2.21. The van der Waals surface area contributed by atoms with Gasteiger partial charge in [-0.15, -0.1) is 0 Å². The molecule has 0 radical (unpaired) electrons. The molecule has 1 saturated heterocycles. The van der Waals surface area contributed by atoms with Crippen LogP contribution in [0.1, 0.15) is 23.2 Å². The van der Waals surface area contributed by atoms with Crippen molar-refractivity contribution >= 4 is 11.8 Å². The summed E-state index contributed by atoms with van der Waals surface area (Å²) in [5, 5.41) is 9.12. The SMILES string of the molecule is CN1CCC(CCN(C)c2ncncc2C(=O)O)C1. The number of anilines is 1. The van der Waals surface area contributed by atoms with Gasteiger partial charge in [0, 0.05) is 26.3 Å². The van der Waals surface area contributed by atoms with E-state index in [1.807, 2.05) is 11.9 Å². The molecule has 1 fully saturated rings. The lowest BCUT2D eigenvalue weighted by atomic mass is 10.0. The molecule has 6 nitrogen and oxygen atoms in total. The Morgan fingerprint density at radius 1 is 1.63 bits per heavy atom. The topological polar surface area (TPSA) is 69.6 Å². The van der Waals surface area contributed by atoms with Crippen molar-refractivity contribution in [3.05, 3.63) is 18.1 Å². The minimum absolute atomic E-state index is 0.161. The second kappa shape index (κ2) is 5.97. The second-order valence-corrected chi connectivity index (χ2v) is 5.19. The van der Waals surface area contributed by atoms with Gasteiger partial charge in [-0.2, -0.15) is 0 Å². The normalized spacial score (nSPS) is 19.6. The second-order valence-electron chi connectivity index (χ2n) is 5.19. The number of likely N-dealkylation sites (tertiary alicyclic amines) is 1. The highest BCUT2D eigenvalue weighted by atomic mass is 16.4. The fourth-order valence-corrected chi connectivity index (χ4v) is 2.52. The summed E-state index contributed by atoms with van der Waals surface area (Å²) in [5.74, 6) is 0.208. The number of carbonyl (C=O) groups is 1. The van der Waals surface area contributed by atoms with E-state index in [1.54, 1.807) is 0 Å². The zero-order valence-electron chi connectivity index (χ0n) is 11.4. The van der Waals surface area contributed by atoms with Crippen LogP contribution in [0.2, 0.25) is 0 Å². The van der Waals surface area contributed by atoms with Gasteiger partial charge in [0.2, 0.25) is 0 Å². The van der Waals surface area contributed by atoms with Crippen molar-refractivity contribution in [1.82, 2.24) is 14.9 Å². The van der Waals surface area contributed by atoms with Crippen LogP contribution in [0.3, 0.4) is 0 Å². The van der Waals surface area contributed by atoms with Gasteiger partial charge >= 0.3 is 5.97 Å². The fourth-order valence-electron chi connectivity index (χ4n) is 2.52. The first kappa shape index (κ1) is 13.7. The zero-order valence-corrected chi connectivity index (χ0v) is 11.4. The summed E-state index contributed by atoms with van der Waals surface area (Å²) in [4.78, 5) is 23.2. The summed E-state index contributed by atoms with van der Waals surface area (Å²) in [5.41, 5.74) is 0.161. The average molecular weight is 264 g/mol. The van der Waals surface area contributed by atoms with Crippen LogP contribution in [-0.4, -0.2) is 59.7 Å². The number of aromatic carboxylic acids is 1. The lowest BCUT2D eigenvalue weighted by molar-refractivity contribution is 0.0696. The van der Waals surface area contributed by atoms with Crippen molar-refractivity contribution in [3.63, 3.8) is 0 Å². The first-order valence-electron chi connectivity index (χ1n) is 6.51. The highest BCUT2D eigenvalue weighted by molar-refractivity contribution is 5.92. The first-order chi connectivity index (χ1) is 9.08. The summed E-state index contributed by atoms with van der Waals surface area (Å²) < 4.78 is 0. The molecule has 1 aromatic heterocycles. The van der Waals surface area contributed by atoms with Gasteiger partial charge in [0.05, 0.1) is 0 Å². The van der Waals surface area contributed by atoms with Gasteiger partial charge in [0.25, 0.3) is 0 Å². The first-order valence-corrected chi connectivity index (χ1v) is 6.51. The molecule has 0 aromatic carbocycles. The lowest BCUT2D eigenvalue weighted by Gasteiger charge is -2.21. The van der Waals surface area contributed by atoms with Crippen molar-refractivity contribution in [2.75, 3.05) is 38.6 Å². The standard InChI is InChI=1S/C13H20N4O2/c1-16-5-3-10(8-16)4-6-17(2)12-11(13(18)19)7-14-9-15-12/h7,9-10H,3-6,8H2,1-2H3,(H,18,19). The Hall–Kier alpha value is -1.69. The Balaban J connectivity index is 1.96. The maximum atomic E-state index is 11.1. The van der Waals surface area contributed by atoms with E-state index in [9.17, 15) is 4.79 Å². The van der Waals surface area contributed by atoms with E-state index in [4.69, 9.17) is 5.11 Å². The van der Waals surface area contributed by atoms with Gasteiger partial charge in [0.15, 0.2) is 0 Å². The highest BCUT2D eigenvalue weighted by Crippen LogP contribution is 2.20. The maximum Gasteiger partial charge on any atom is 0.341 e. The molecular weight excluding hydrogens is 244 g/mol. The molecule has 2 rings (SSSR count). The van der Waals surface area contributed by atoms with Crippen LogP contribution in [0.25, 0.3) is 0 Å². The molecule has 0 amide bonds. The Labute approximate surface area is 113 Å². The van der Waals surface area contributed by atoms with Gasteiger partial charge in [0.1, 0.15) is 17.7 Å². The van der Waals surface area contributed by atoms with E-state index in [0.29, 0.717) is 11.7 Å². The summed E-state index contributed by atoms with van der Waals surface area (Å²) >= 11 is 0. The Morgan fingerprint density at radius 3 is 3.05 bits per heavy atom. The molecule has 0 spiro atoms. The van der Waals surface area contributed by atoms with E-state index in [-0.39, 0.29) is 5.56 Å². The van der Waals surface area contributed by atoms with Crippen LogP contribution < -0.4 is 4.90 Å². The van der Waals surface area contributed by atoms with Crippen LogP contribution in [-0.2, 0) is 0 Å². The third-order valence-corrected chi connectivity index (χ3v) is 3.64. The summed E-state index contributed by atoms with van der Waals surface area (Å²) in [6.07, 6.45) is 5.02. The van der Waals surface area contributed by atoms with E-state index in [0.717, 1.165) is 26.1 Å². The molecule has 0 aliphatic carbocycles. The molecule has 1 aliphatic heterocycles. The van der Waals surface area contributed by atoms with Crippen LogP contribution in [0, 0.1) is 5.92 Å². The summed E-state index contributed by atoms with van der Waals surface area (Å²) in [7, 11) is 4.02. The van der Waals surface area contributed by atoms with Gasteiger partial charge in [-0.1, -0.05) is 0 Å². The van der Waals surface area contributed by atoms with Crippen molar-refractivity contribution in [3.8, 4) is 0 Å². The van der Waals surface area contributed by atoms with Crippen molar-refractivity contribution in [2.24, 2.45) is 5.92 Å². The Kier molecular flexibility index (Phi) is 4.31. The van der Waals surface area contributed by atoms with Gasteiger partial charge in [-0.3, -0.25) is 0 Å². The number of hydrogen-bond donors (Lipinski definition) is 1. The van der Waals surface area contributed by atoms with Gasteiger partial charge < -0.3 is 14.9 Å². The van der Waals surface area contributed by atoms with E-state index < -0.39 is 5.97 Å². The molecule has 2 heterocycles. The molecule has 0 saturated carbocycles. The van der Waals surface area contributed by atoms with Gasteiger partial charge in [-0.25, -0.2) is 14.8 Å². The Morgan fingerprint density at radius 2 is 2.42 bits per heavy atom. The Bertz CT molecular complexity index is 452. The lowest BCUT2D eigenvalue weighted by Crippen LogP contribution is -2.25. The molecule has 1 aliphatic rings. The van der Waals surface area contributed by atoms with Crippen LogP contribution in [0.15, 0.2) is 12.5 Å². The minimum Gasteiger partial charge on any atom is -0.477 e. The number of aromatic nitrogens is 2. The largest absolute Gasteiger partial charge is 0.477 e. The van der Waals surface area contributed by atoms with E-state index in [2.05, 4.69) is 21.9 Å². The molecular formula is C13H20N4O2. The number of hydrogen-bond acceptors (Lipinski definition) is 5. The molecule has 6 heteroatoms. The fraction of sp³-hybridized carbons (Fsp3) is 0.615. The predicted octanol–water partition coefficient (Wildman–Crippen LogP) is 0.953. The molecule has 1 atom stereocenters. The van der Waals surface area contributed by atoms with E-state index >= 15 is 0 Å².